The van der Waals surface area contributed by atoms with Crippen LogP contribution in [0.1, 0.15) is 23.7 Å². The molecule has 2 rings (SSSR count). The van der Waals surface area contributed by atoms with E-state index in [4.69, 9.17) is 16.3 Å². The van der Waals surface area contributed by atoms with Gasteiger partial charge in [-0.25, -0.2) is 0 Å². The van der Waals surface area contributed by atoms with Gasteiger partial charge in [0.2, 0.25) is 0 Å². The van der Waals surface area contributed by atoms with Gasteiger partial charge in [-0.15, -0.1) is 11.6 Å². The molecule has 0 bridgehead atoms. The second kappa shape index (κ2) is 6.85. The summed E-state index contributed by atoms with van der Waals surface area (Å²) in [7, 11) is 0. The summed E-state index contributed by atoms with van der Waals surface area (Å²) in [6.45, 7) is 0. The smallest absolute Gasteiger partial charge is 0.416 e. The van der Waals surface area contributed by atoms with Crippen molar-refractivity contribution in [2.75, 3.05) is 5.88 Å². The maximum absolute atomic E-state index is 12.7. The molecule has 1 atom stereocenters. The minimum atomic E-state index is -4.38. The summed E-state index contributed by atoms with van der Waals surface area (Å²) in [6.07, 6.45) is -4.23. The first-order chi connectivity index (χ1) is 10.0. The van der Waals surface area contributed by atoms with Gasteiger partial charge in [0.25, 0.3) is 0 Å². The Morgan fingerprint density at radius 1 is 1.00 bits per heavy atom. The lowest BCUT2D eigenvalue weighted by atomic mass is 10.1. The highest BCUT2D eigenvalue weighted by atomic mass is 35.5. The highest BCUT2D eigenvalue weighted by Crippen LogP contribution is 2.33. The molecule has 2 aromatic rings. The van der Waals surface area contributed by atoms with Crippen LogP contribution in [-0.2, 0) is 6.18 Å². The molecule has 21 heavy (non-hydrogen) atoms. The fourth-order valence-electron chi connectivity index (χ4n) is 1.97. The van der Waals surface area contributed by atoms with E-state index in [1.807, 2.05) is 30.3 Å². The SMILES string of the molecule is FC(F)(F)c1cccc(OC(CCCl)c2ccccc2)c1. The summed E-state index contributed by atoms with van der Waals surface area (Å²) in [6, 6.07) is 14.2. The normalized spacial score (nSPS) is 13.0. The molecule has 0 aliphatic carbocycles. The molecule has 0 aliphatic heterocycles. The Bertz CT molecular complexity index is 569. The molecular weight excluding hydrogens is 301 g/mol. The quantitative estimate of drug-likeness (QED) is 0.666. The van der Waals surface area contributed by atoms with Crippen molar-refractivity contribution in [3.05, 3.63) is 65.7 Å². The molecule has 0 amide bonds. The zero-order valence-corrected chi connectivity index (χ0v) is 11.9. The van der Waals surface area contributed by atoms with E-state index in [0.717, 1.165) is 17.7 Å². The highest BCUT2D eigenvalue weighted by molar-refractivity contribution is 6.17. The third-order valence-electron chi connectivity index (χ3n) is 2.98. The lowest BCUT2D eigenvalue weighted by molar-refractivity contribution is -0.137. The molecule has 0 saturated heterocycles. The van der Waals surface area contributed by atoms with Crippen LogP contribution in [0.3, 0.4) is 0 Å². The standard InChI is InChI=1S/C16H14ClF3O/c17-10-9-15(12-5-2-1-3-6-12)21-14-8-4-7-13(11-14)16(18,19)20/h1-8,11,15H,9-10H2. The number of hydrogen-bond donors (Lipinski definition) is 0. The summed E-state index contributed by atoms with van der Waals surface area (Å²) in [5, 5.41) is 0. The summed E-state index contributed by atoms with van der Waals surface area (Å²) < 4.78 is 43.8. The minimum Gasteiger partial charge on any atom is -0.486 e. The zero-order chi connectivity index (χ0) is 15.3. The average Bonchev–Trinajstić information content (AvgIpc) is 2.47. The van der Waals surface area contributed by atoms with E-state index in [2.05, 4.69) is 0 Å². The number of rotatable bonds is 5. The first-order valence-electron chi connectivity index (χ1n) is 6.45. The fourth-order valence-corrected chi connectivity index (χ4v) is 2.17. The molecule has 0 spiro atoms. The molecule has 0 aromatic heterocycles. The number of ether oxygens (including phenoxy) is 1. The summed E-state index contributed by atoms with van der Waals surface area (Å²) in [4.78, 5) is 0. The van der Waals surface area contributed by atoms with E-state index in [1.165, 1.54) is 12.1 Å². The summed E-state index contributed by atoms with van der Waals surface area (Å²) >= 11 is 5.76. The van der Waals surface area contributed by atoms with Crippen molar-refractivity contribution < 1.29 is 17.9 Å². The van der Waals surface area contributed by atoms with Gasteiger partial charge in [-0.2, -0.15) is 13.2 Å². The molecule has 0 N–H and O–H groups in total. The monoisotopic (exact) mass is 314 g/mol. The van der Waals surface area contributed by atoms with Crippen LogP contribution < -0.4 is 4.74 Å². The molecule has 112 valence electrons. The van der Waals surface area contributed by atoms with Crippen LogP contribution in [-0.4, -0.2) is 5.88 Å². The molecule has 0 fully saturated rings. The lowest BCUT2D eigenvalue weighted by Gasteiger charge is -2.19. The second-order valence-electron chi connectivity index (χ2n) is 4.52. The zero-order valence-electron chi connectivity index (χ0n) is 11.1. The molecule has 5 heteroatoms. The maximum atomic E-state index is 12.7. The van der Waals surface area contributed by atoms with E-state index < -0.39 is 11.7 Å². The molecular formula is C16H14ClF3O. The van der Waals surface area contributed by atoms with E-state index in [9.17, 15) is 13.2 Å². The Balaban J connectivity index is 2.21. The molecule has 0 saturated carbocycles. The van der Waals surface area contributed by atoms with Gasteiger partial charge in [-0.3, -0.25) is 0 Å². The van der Waals surface area contributed by atoms with Crippen LogP contribution in [0.5, 0.6) is 5.75 Å². The Morgan fingerprint density at radius 3 is 2.33 bits per heavy atom. The largest absolute Gasteiger partial charge is 0.486 e. The van der Waals surface area contributed by atoms with Gasteiger partial charge in [0, 0.05) is 12.3 Å². The number of benzene rings is 2. The highest BCUT2D eigenvalue weighted by Gasteiger charge is 2.30. The van der Waals surface area contributed by atoms with Crippen LogP contribution >= 0.6 is 11.6 Å². The molecule has 1 unspecified atom stereocenters. The first kappa shape index (κ1) is 15.7. The maximum Gasteiger partial charge on any atom is 0.416 e. The van der Waals surface area contributed by atoms with Crippen LogP contribution in [0.15, 0.2) is 54.6 Å². The predicted molar refractivity (Wildman–Crippen MR) is 76.6 cm³/mol. The Hall–Kier alpha value is -1.68. The van der Waals surface area contributed by atoms with Gasteiger partial charge in [-0.1, -0.05) is 36.4 Å². The number of hydrogen-bond acceptors (Lipinski definition) is 1. The van der Waals surface area contributed by atoms with Crippen molar-refractivity contribution in [2.45, 2.75) is 18.7 Å². The van der Waals surface area contributed by atoms with Gasteiger partial charge in [0.15, 0.2) is 0 Å². The van der Waals surface area contributed by atoms with E-state index in [1.54, 1.807) is 0 Å². The number of halogens is 4. The van der Waals surface area contributed by atoms with E-state index in [0.29, 0.717) is 12.3 Å². The van der Waals surface area contributed by atoms with Gasteiger partial charge >= 0.3 is 6.18 Å². The van der Waals surface area contributed by atoms with Crippen molar-refractivity contribution in [2.24, 2.45) is 0 Å². The Kier molecular flexibility index (Phi) is 5.12. The van der Waals surface area contributed by atoms with E-state index in [-0.39, 0.29) is 11.9 Å². The summed E-state index contributed by atoms with van der Waals surface area (Å²) in [5.74, 6) is 0.544. The van der Waals surface area contributed by atoms with Crippen molar-refractivity contribution in [1.82, 2.24) is 0 Å². The summed E-state index contributed by atoms with van der Waals surface area (Å²) in [5.41, 5.74) is 0.160. The van der Waals surface area contributed by atoms with Crippen molar-refractivity contribution in [3.8, 4) is 5.75 Å². The molecule has 0 radical (unpaired) electrons. The van der Waals surface area contributed by atoms with Gasteiger partial charge < -0.3 is 4.74 Å². The van der Waals surface area contributed by atoms with E-state index >= 15 is 0 Å². The van der Waals surface area contributed by atoms with Crippen molar-refractivity contribution in [3.63, 3.8) is 0 Å². The first-order valence-corrected chi connectivity index (χ1v) is 6.99. The third-order valence-corrected chi connectivity index (χ3v) is 3.20. The predicted octanol–water partition coefficient (Wildman–Crippen LogP) is 5.45. The topological polar surface area (TPSA) is 9.23 Å². The van der Waals surface area contributed by atoms with Crippen molar-refractivity contribution in [1.29, 1.82) is 0 Å². The van der Waals surface area contributed by atoms with Gasteiger partial charge in [0.1, 0.15) is 11.9 Å². The fraction of sp³-hybridized carbons (Fsp3) is 0.250. The van der Waals surface area contributed by atoms with Gasteiger partial charge in [0.05, 0.1) is 5.56 Å². The third kappa shape index (κ3) is 4.39. The lowest BCUT2D eigenvalue weighted by Crippen LogP contribution is -2.10. The van der Waals surface area contributed by atoms with Crippen molar-refractivity contribution >= 4 is 11.6 Å². The average molecular weight is 315 g/mol. The minimum absolute atomic E-state index is 0.184. The van der Waals surface area contributed by atoms with Gasteiger partial charge in [-0.05, 0) is 23.8 Å². The molecule has 2 aromatic carbocycles. The Morgan fingerprint density at radius 2 is 1.71 bits per heavy atom. The number of alkyl halides is 4. The van der Waals surface area contributed by atoms with Crippen LogP contribution in [0, 0.1) is 0 Å². The van der Waals surface area contributed by atoms with Crippen LogP contribution in [0.4, 0.5) is 13.2 Å². The Labute approximate surface area is 126 Å². The molecule has 1 nitrogen and oxygen atoms in total. The molecule has 0 heterocycles. The van der Waals surface area contributed by atoms with Crippen LogP contribution in [0.25, 0.3) is 0 Å². The van der Waals surface area contributed by atoms with Crippen LogP contribution in [0.2, 0.25) is 0 Å². The molecule has 0 aliphatic rings. The second-order valence-corrected chi connectivity index (χ2v) is 4.90.